The van der Waals surface area contributed by atoms with E-state index in [1.165, 1.54) is 0 Å². The van der Waals surface area contributed by atoms with E-state index in [2.05, 4.69) is 0 Å². The van der Waals surface area contributed by atoms with Gasteiger partial charge in [-0.2, -0.15) is 0 Å². The van der Waals surface area contributed by atoms with Crippen LogP contribution < -0.4 is 9.64 Å². The Hall–Kier alpha value is -2.88. The van der Waals surface area contributed by atoms with E-state index in [0.29, 0.717) is 12.1 Å². The van der Waals surface area contributed by atoms with Crippen molar-refractivity contribution < 1.29 is 14.3 Å². The maximum atomic E-state index is 12.5. The SMILES string of the molecule is COc1cccc(/C=C/C(=O)N2CCc3cc(C(C)=O)ccc32)c1. The molecule has 0 saturated heterocycles. The van der Waals surface area contributed by atoms with E-state index < -0.39 is 0 Å². The maximum Gasteiger partial charge on any atom is 0.251 e. The van der Waals surface area contributed by atoms with E-state index in [4.69, 9.17) is 4.74 Å². The van der Waals surface area contributed by atoms with Crippen LogP contribution in [-0.2, 0) is 11.2 Å². The minimum Gasteiger partial charge on any atom is -0.497 e. The Morgan fingerprint density at radius 2 is 2.00 bits per heavy atom. The second-order valence-electron chi connectivity index (χ2n) is 5.75. The number of hydrogen-bond donors (Lipinski definition) is 0. The second-order valence-corrected chi connectivity index (χ2v) is 5.75. The van der Waals surface area contributed by atoms with Crippen molar-refractivity contribution in [3.8, 4) is 5.75 Å². The molecule has 0 bridgehead atoms. The van der Waals surface area contributed by atoms with Gasteiger partial charge in [0.2, 0.25) is 0 Å². The van der Waals surface area contributed by atoms with Crippen LogP contribution in [0.15, 0.2) is 48.5 Å². The second kappa shape index (κ2) is 6.71. The topological polar surface area (TPSA) is 46.6 Å². The average Bonchev–Trinajstić information content (AvgIpc) is 3.03. The molecule has 4 nitrogen and oxygen atoms in total. The molecule has 24 heavy (non-hydrogen) atoms. The molecule has 0 atom stereocenters. The van der Waals surface area contributed by atoms with E-state index in [9.17, 15) is 9.59 Å². The minimum atomic E-state index is -0.0628. The number of ether oxygens (including phenoxy) is 1. The molecule has 0 unspecified atom stereocenters. The third-order valence-corrected chi connectivity index (χ3v) is 4.16. The minimum absolute atomic E-state index is 0.0421. The summed E-state index contributed by atoms with van der Waals surface area (Å²) < 4.78 is 5.18. The lowest BCUT2D eigenvalue weighted by atomic mass is 10.1. The molecule has 2 aromatic carbocycles. The van der Waals surface area contributed by atoms with Crippen molar-refractivity contribution in [3.05, 3.63) is 65.2 Å². The zero-order valence-corrected chi connectivity index (χ0v) is 13.8. The fourth-order valence-electron chi connectivity index (χ4n) is 2.85. The number of Topliss-reactive ketones (excluding diaryl/α,β-unsaturated/α-hetero) is 1. The van der Waals surface area contributed by atoms with E-state index in [0.717, 1.165) is 29.0 Å². The molecule has 1 heterocycles. The summed E-state index contributed by atoms with van der Waals surface area (Å²) in [5.41, 5.74) is 3.54. The number of ketones is 1. The van der Waals surface area contributed by atoms with E-state index in [1.54, 1.807) is 37.2 Å². The smallest absolute Gasteiger partial charge is 0.251 e. The van der Waals surface area contributed by atoms with Gasteiger partial charge in [0.1, 0.15) is 5.75 Å². The third-order valence-electron chi connectivity index (χ3n) is 4.16. The summed E-state index contributed by atoms with van der Waals surface area (Å²) in [4.78, 5) is 25.7. The van der Waals surface area contributed by atoms with Crippen molar-refractivity contribution in [3.63, 3.8) is 0 Å². The van der Waals surface area contributed by atoms with Gasteiger partial charge in [-0.25, -0.2) is 0 Å². The van der Waals surface area contributed by atoms with Gasteiger partial charge in [-0.15, -0.1) is 0 Å². The van der Waals surface area contributed by atoms with Crippen LogP contribution in [0, 0.1) is 0 Å². The summed E-state index contributed by atoms with van der Waals surface area (Å²) in [6.07, 6.45) is 4.13. The van der Waals surface area contributed by atoms with Crippen LogP contribution in [0.5, 0.6) is 5.75 Å². The monoisotopic (exact) mass is 321 g/mol. The number of benzene rings is 2. The lowest BCUT2D eigenvalue weighted by molar-refractivity contribution is -0.114. The Morgan fingerprint density at radius 1 is 1.17 bits per heavy atom. The molecule has 1 aliphatic heterocycles. The number of carbonyl (C=O) groups excluding carboxylic acids is 2. The van der Waals surface area contributed by atoms with Crippen molar-refractivity contribution in [2.45, 2.75) is 13.3 Å². The molecule has 1 aliphatic rings. The molecule has 0 spiro atoms. The molecular weight excluding hydrogens is 302 g/mol. The molecule has 0 N–H and O–H groups in total. The summed E-state index contributed by atoms with van der Waals surface area (Å²) in [7, 11) is 1.62. The van der Waals surface area contributed by atoms with Gasteiger partial charge in [0.05, 0.1) is 7.11 Å². The summed E-state index contributed by atoms with van der Waals surface area (Å²) in [5, 5.41) is 0. The normalized spacial score (nSPS) is 13.2. The zero-order valence-electron chi connectivity index (χ0n) is 13.8. The lowest BCUT2D eigenvalue weighted by Crippen LogP contribution is -2.26. The Balaban J connectivity index is 1.78. The highest BCUT2D eigenvalue weighted by molar-refractivity contribution is 6.05. The number of methoxy groups -OCH3 is 1. The van der Waals surface area contributed by atoms with Crippen molar-refractivity contribution >= 4 is 23.5 Å². The molecule has 2 aromatic rings. The lowest BCUT2D eigenvalue weighted by Gasteiger charge is -2.15. The van der Waals surface area contributed by atoms with E-state index in [1.807, 2.05) is 36.4 Å². The number of amides is 1. The Kier molecular flexibility index (Phi) is 4.47. The highest BCUT2D eigenvalue weighted by Crippen LogP contribution is 2.29. The van der Waals surface area contributed by atoms with Crippen LogP contribution in [0.3, 0.4) is 0 Å². The predicted molar refractivity (Wildman–Crippen MR) is 94.5 cm³/mol. The highest BCUT2D eigenvalue weighted by Gasteiger charge is 2.23. The van der Waals surface area contributed by atoms with Crippen molar-refractivity contribution in [1.29, 1.82) is 0 Å². The predicted octanol–water partition coefficient (Wildman–Crippen LogP) is 3.50. The first-order valence-electron chi connectivity index (χ1n) is 7.86. The van der Waals surface area contributed by atoms with Gasteiger partial charge in [0.25, 0.3) is 5.91 Å². The van der Waals surface area contributed by atoms with Crippen LogP contribution in [0.1, 0.15) is 28.4 Å². The molecular formula is C20H19NO3. The molecule has 0 fully saturated rings. The first-order chi connectivity index (χ1) is 11.6. The number of fused-ring (bicyclic) bond motifs is 1. The van der Waals surface area contributed by atoms with Crippen molar-refractivity contribution in [2.75, 3.05) is 18.6 Å². The van der Waals surface area contributed by atoms with Crippen LogP contribution in [0.4, 0.5) is 5.69 Å². The number of carbonyl (C=O) groups is 2. The van der Waals surface area contributed by atoms with Gasteiger partial charge in [0, 0.05) is 23.9 Å². The summed E-state index contributed by atoms with van der Waals surface area (Å²) in [6.45, 7) is 2.19. The number of rotatable bonds is 4. The first-order valence-corrected chi connectivity index (χ1v) is 7.86. The molecule has 0 saturated carbocycles. The van der Waals surface area contributed by atoms with Gasteiger partial charge in [-0.05, 0) is 60.9 Å². The average molecular weight is 321 g/mol. The summed E-state index contributed by atoms with van der Waals surface area (Å²) in [6, 6.07) is 13.1. The van der Waals surface area contributed by atoms with Crippen molar-refractivity contribution in [1.82, 2.24) is 0 Å². The van der Waals surface area contributed by atoms with Crippen LogP contribution in [-0.4, -0.2) is 25.3 Å². The summed E-state index contributed by atoms with van der Waals surface area (Å²) >= 11 is 0. The van der Waals surface area contributed by atoms with Gasteiger partial charge < -0.3 is 9.64 Å². The van der Waals surface area contributed by atoms with Gasteiger partial charge >= 0.3 is 0 Å². The molecule has 1 amide bonds. The van der Waals surface area contributed by atoms with E-state index >= 15 is 0 Å². The number of hydrogen-bond acceptors (Lipinski definition) is 3. The highest BCUT2D eigenvalue weighted by atomic mass is 16.5. The first kappa shape index (κ1) is 16.0. The molecule has 122 valence electrons. The molecule has 4 heteroatoms. The van der Waals surface area contributed by atoms with Crippen LogP contribution in [0.2, 0.25) is 0 Å². The van der Waals surface area contributed by atoms with Crippen LogP contribution in [0.25, 0.3) is 6.08 Å². The van der Waals surface area contributed by atoms with Gasteiger partial charge in [0.15, 0.2) is 5.78 Å². The Morgan fingerprint density at radius 3 is 2.75 bits per heavy atom. The Bertz CT molecular complexity index is 823. The standard InChI is InChI=1S/C20H19NO3/c1-14(22)16-7-8-19-17(13-16)10-11-21(19)20(23)9-6-15-4-3-5-18(12-15)24-2/h3-9,12-13H,10-11H2,1-2H3/b9-6+. The maximum absolute atomic E-state index is 12.5. The fraction of sp³-hybridized carbons (Fsp3) is 0.200. The quantitative estimate of drug-likeness (QED) is 0.639. The summed E-state index contributed by atoms with van der Waals surface area (Å²) in [5.74, 6) is 0.737. The van der Waals surface area contributed by atoms with Crippen molar-refractivity contribution in [2.24, 2.45) is 0 Å². The fourth-order valence-corrected chi connectivity index (χ4v) is 2.85. The van der Waals surface area contributed by atoms with E-state index in [-0.39, 0.29) is 11.7 Å². The molecule has 3 rings (SSSR count). The van der Waals surface area contributed by atoms with Gasteiger partial charge in [-0.3, -0.25) is 9.59 Å². The largest absolute Gasteiger partial charge is 0.497 e. The van der Waals surface area contributed by atoms with Crippen LogP contribution >= 0.6 is 0 Å². The zero-order chi connectivity index (χ0) is 17.1. The number of nitrogens with zero attached hydrogens (tertiary/aromatic N) is 1. The Labute approximate surface area is 141 Å². The number of anilines is 1. The molecule has 0 aliphatic carbocycles. The third kappa shape index (κ3) is 3.23. The van der Waals surface area contributed by atoms with Gasteiger partial charge in [-0.1, -0.05) is 12.1 Å². The molecule has 0 radical (unpaired) electrons. The molecule has 0 aromatic heterocycles.